The summed E-state index contributed by atoms with van der Waals surface area (Å²) in [5, 5.41) is 0. The summed E-state index contributed by atoms with van der Waals surface area (Å²) in [6.07, 6.45) is 0. The molecule has 0 bridgehead atoms. The highest BCUT2D eigenvalue weighted by Crippen LogP contribution is 2.24. The molecule has 0 aromatic heterocycles. The molecular formula is C26H29N3O4S. The van der Waals surface area contributed by atoms with Gasteiger partial charge in [0.2, 0.25) is 0 Å². The van der Waals surface area contributed by atoms with Crippen LogP contribution in [0, 0.1) is 13.8 Å². The van der Waals surface area contributed by atoms with Crippen molar-refractivity contribution in [2.45, 2.75) is 18.7 Å². The predicted molar refractivity (Wildman–Crippen MR) is 134 cm³/mol. The molecule has 1 aliphatic rings. The summed E-state index contributed by atoms with van der Waals surface area (Å²) in [7, 11) is -3.70. The number of amides is 1. The monoisotopic (exact) mass is 479 g/mol. The number of carbonyl (C=O) groups excluding carboxylic acids is 1. The Kier molecular flexibility index (Phi) is 7.07. The van der Waals surface area contributed by atoms with Crippen LogP contribution in [-0.2, 0) is 14.8 Å². The Hall–Kier alpha value is -3.52. The van der Waals surface area contributed by atoms with Gasteiger partial charge >= 0.3 is 0 Å². The molecule has 1 heterocycles. The zero-order valence-corrected chi connectivity index (χ0v) is 20.2. The van der Waals surface area contributed by atoms with Gasteiger partial charge in [0, 0.05) is 37.6 Å². The molecule has 4 rings (SSSR count). The lowest BCUT2D eigenvalue weighted by Crippen LogP contribution is -2.50. The summed E-state index contributed by atoms with van der Waals surface area (Å²) < 4.78 is 33.2. The number of aryl methyl sites for hydroxylation is 1. The molecule has 8 heteroatoms. The summed E-state index contributed by atoms with van der Waals surface area (Å²) >= 11 is 0. The second kappa shape index (κ2) is 10.2. The van der Waals surface area contributed by atoms with Crippen LogP contribution >= 0.6 is 0 Å². The van der Waals surface area contributed by atoms with Crippen LogP contribution in [0.25, 0.3) is 0 Å². The molecule has 1 N–H and O–H groups in total. The van der Waals surface area contributed by atoms with E-state index in [9.17, 15) is 13.2 Å². The summed E-state index contributed by atoms with van der Waals surface area (Å²) in [4.78, 5) is 16.9. The highest BCUT2D eigenvalue weighted by Gasteiger charge is 2.23. The van der Waals surface area contributed by atoms with Gasteiger partial charge in [-0.3, -0.25) is 9.52 Å². The van der Waals surface area contributed by atoms with Crippen LogP contribution < -0.4 is 14.4 Å². The van der Waals surface area contributed by atoms with Gasteiger partial charge in [-0.25, -0.2) is 8.42 Å². The first-order valence-corrected chi connectivity index (χ1v) is 12.7. The van der Waals surface area contributed by atoms with Crippen LogP contribution in [0.2, 0.25) is 0 Å². The second-order valence-corrected chi connectivity index (χ2v) is 10.0. The van der Waals surface area contributed by atoms with E-state index in [2.05, 4.69) is 41.7 Å². The van der Waals surface area contributed by atoms with E-state index < -0.39 is 10.0 Å². The first kappa shape index (κ1) is 23.6. The third-order valence-corrected chi connectivity index (χ3v) is 7.47. The highest BCUT2D eigenvalue weighted by atomic mass is 32.2. The quantitative estimate of drug-likeness (QED) is 0.557. The molecule has 0 unspecified atom stereocenters. The Morgan fingerprint density at radius 1 is 0.882 bits per heavy atom. The number of piperazine rings is 1. The van der Waals surface area contributed by atoms with E-state index >= 15 is 0 Å². The number of hydrogen-bond acceptors (Lipinski definition) is 5. The van der Waals surface area contributed by atoms with Crippen LogP contribution in [0.3, 0.4) is 0 Å². The molecule has 1 amide bonds. The molecule has 0 atom stereocenters. The smallest absolute Gasteiger partial charge is 0.261 e. The third-order valence-electron chi connectivity index (χ3n) is 6.07. The SMILES string of the molecule is Cc1cccc(N2CCN(C(=O)COc3ccc(S(=O)(=O)Nc4ccccc4)cc3)CC2)c1C. The van der Waals surface area contributed by atoms with Gasteiger partial charge in [-0.15, -0.1) is 0 Å². The maximum Gasteiger partial charge on any atom is 0.261 e. The minimum Gasteiger partial charge on any atom is -0.484 e. The van der Waals surface area contributed by atoms with Crippen molar-refractivity contribution in [3.05, 3.63) is 83.9 Å². The Bertz CT molecular complexity index is 1240. The van der Waals surface area contributed by atoms with Crippen molar-refractivity contribution < 1.29 is 17.9 Å². The maximum absolute atomic E-state index is 12.6. The van der Waals surface area contributed by atoms with Crippen LogP contribution in [0.4, 0.5) is 11.4 Å². The topological polar surface area (TPSA) is 79.0 Å². The Balaban J connectivity index is 1.28. The average molecular weight is 480 g/mol. The van der Waals surface area contributed by atoms with E-state index in [0.717, 1.165) is 13.1 Å². The first-order chi connectivity index (χ1) is 16.3. The number of sulfonamides is 1. The van der Waals surface area contributed by atoms with Crippen molar-refractivity contribution in [1.29, 1.82) is 0 Å². The number of benzene rings is 3. The molecule has 34 heavy (non-hydrogen) atoms. The third kappa shape index (κ3) is 5.51. The number of anilines is 2. The van der Waals surface area contributed by atoms with Gasteiger partial charge in [-0.1, -0.05) is 30.3 Å². The predicted octanol–water partition coefficient (Wildman–Crippen LogP) is 3.83. The van der Waals surface area contributed by atoms with E-state index in [1.54, 1.807) is 36.4 Å². The second-order valence-electron chi connectivity index (χ2n) is 8.32. The maximum atomic E-state index is 12.6. The van der Waals surface area contributed by atoms with Gasteiger partial charge in [0.05, 0.1) is 4.90 Å². The number of rotatable bonds is 7. The molecule has 3 aromatic carbocycles. The lowest BCUT2D eigenvalue weighted by Gasteiger charge is -2.37. The fourth-order valence-electron chi connectivity index (χ4n) is 3.95. The molecule has 0 radical (unpaired) electrons. The van der Waals surface area contributed by atoms with Crippen molar-refractivity contribution in [2.24, 2.45) is 0 Å². The number of carbonyl (C=O) groups is 1. The lowest BCUT2D eigenvalue weighted by atomic mass is 10.1. The van der Waals surface area contributed by atoms with Crippen LogP contribution in [0.5, 0.6) is 5.75 Å². The molecule has 1 aliphatic heterocycles. The summed E-state index contributed by atoms with van der Waals surface area (Å²) in [5.41, 5.74) is 4.25. The molecule has 0 aliphatic carbocycles. The van der Waals surface area contributed by atoms with Crippen LogP contribution in [-0.4, -0.2) is 52.0 Å². The number of hydrogen-bond donors (Lipinski definition) is 1. The highest BCUT2D eigenvalue weighted by molar-refractivity contribution is 7.92. The van der Waals surface area contributed by atoms with Crippen molar-refractivity contribution in [1.82, 2.24) is 4.90 Å². The van der Waals surface area contributed by atoms with Gasteiger partial charge in [-0.2, -0.15) is 0 Å². The van der Waals surface area contributed by atoms with Crippen molar-refractivity contribution in [3.8, 4) is 5.75 Å². The van der Waals surface area contributed by atoms with E-state index in [4.69, 9.17) is 4.74 Å². The molecule has 0 saturated carbocycles. The molecular weight excluding hydrogens is 450 g/mol. The van der Waals surface area contributed by atoms with Crippen LogP contribution in [0.1, 0.15) is 11.1 Å². The Morgan fingerprint density at radius 3 is 2.24 bits per heavy atom. The number of nitrogens with one attached hydrogen (secondary N) is 1. The van der Waals surface area contributed by atoms with Crippen LogP contribution in [0.15, 0.2) is 77.7 Å². The van der Waals surface area contributed by atoms with E-state index in [1.165, 1.54) is 28.9 Å². The van der Waals surface area contributed by atoms with E-state index in [0.29, 0.717) is 24.5 Å². The minimum atomic E-state index is -3.70. The number of para-hydroxylation sites is 1. The van der Waals surface area contributed by atoms with Gasteiger partial charge in [0.1, 0.15) is 5.75 Å². The summed E-state index contributed by atoms with van der Waals surface area (Å²) in [6, 6.07) is 21.1. The molecule has 3 aromatic rings. The molecule has 7 nitrogen and oxygen atoms in total. The summed E-state index contributed by atoms with van der Waals surface area (Å²) in [6.45, 7) is 6.98. The molecule has 1 saturated heterocycles. The van der Waals surface area contributed by atoms with E-state index in [-0.39, 0.29) is 17.4 Å². The number of ether oxygens (including phenoxy) is 1. The van der Waals surface area contributed by atoms with Gasteiger partial charge in [0.25, 0.3) is 15.9 Å². The normalized spacial score (nSPS) is 14.1. The minimum absolute atomic E-state index is 0.0805. The lowest BCUT2D eigenvalue weighted by molar-refractivity contribution is -0.133. The first-order valence-electron chi connectivity index (χ1n) is 11.2. The fourth-order valence-corrected chi connectivity index (χ4v) is 5.01. The Labute approximate surface area is 201 Å². The largest absolute Gasteiger partial charge is 0.484 e. The van der Waals surface area contributed by atoms with Crippen molar-refractivity contribution in [2.75, 3.05) is 42.4 Å². The number of nitrogens with zero attached hydrogens (tertiary/aromatic N) is 2. The zero-order chi connectivity index (χ0) is 24.1. The average Bonchev–Trinajstić information content (AvgIpc) is 2.85. The Morgan fingerprint density at radius 2 is 1.56 bits per heavy atom. The van der Waals surface area contributed by atoms with E-state index in [1.807, 2.05) is 11.0 Å². The zero-order valence-electron chi connectivity index (χ0n) is 19.4. The summed E-state index contributed by atoms with van der Waals surface area (Å²) in [5.74, 6) is 0.365. The molecule has 1 fully saturated rings. The molecule has 178 valence electrons. The van der Waals surface area contributed by atoms with Gasteiger partial charge in [-0.05, 0) is 67.4 Å². The van der Waals surface area contributed by atoms with Gasteiger partial charge in [0.15, 0.2) is 6.61 Å². The van der Waals surface area contributed by atoms with Crippen molar-refractivity contribution >= 4 is 27.3 Å². The standard InChI is InChI=1S/C26H29N3O4S/c1-20-7-6-10-25(21(20)2)28-15-17-29(18-16-28)26(30)19-33-23-11-13-24(14-12-23)34(31,32)27-22-8-4-3-5-9-22/h3-14,27H,15-19H2,1-2H3. The van der Waals surface area contributed by atoms with Crippen molar-refractivity contribution in [3.63, 3.8) is 0 Å². The molecule has 0 spiro atoms. The fraction of sp³-hybridized carbons (Fsp3) is 0.269. The van der Waals surface area contributed by atoms with Gasteiger partial charge < -0.3 is 14.5 Å².